The molecule has 1 aromatic heterocycles. The van der Waals surface area contributed by atoms with E-state index in [0.717, 1.165) is 18.8 Å². The summed E-state index contributed by atoms with van der Waals surface area (Å²) in [7, 11) is 2.11. The minimum Gasteiger partial charge on any atom is -0.382 e. The second kappa shape index (κ2) is 5.56. The topological polar surface area (TPSA) is 54.2 Å². The number of nitrogens with two attached hydrogens (primary N) is 1. The number of anilines is 2. The van der Waals surface area contributed by atoms with Crippen LogP contribution in [0.4, 0.5) is 11.5 Å². The van der Waals surface area contributed by atoms with Crippen molar-refractivity contribution >= 4 is 11.5 Å². The zero-order valence-electron chi connectivity index (χ0n) is 9.70. The van der Waals surface area contributed by atoms with Crippen LogP contribution in [0.5, 0.6) is 0 Å². The Morgan fingerprint density at radius 2 is 2.27 bits per heavy atom. The molecule has 0 saturated heterocycles. The Bertz CT molecular complexity index is 298. The van der Waals surface area contributed by atoms with Crippen LogP contribution in [0.3, 0.4) is 0 Å². The molecule has 0 fully saturated rings. The average Bonchev–Trinajstić information content (AvgIpc) is 2.20. The molecule has 15 heavy (non-hydrogen) atoms. The first-order chi connectivity index (χ1) is 7.11. The summed E-state index contributed by atoms with van der Waals surface area (Å²) >= 11 is 0. The summed E-state index contributed by atoms with van der Waals surface area (Å²) in [5.74, 6) is 0.560. The van der Waals surface area contributed by atoms with Crippen molar-refractivity contribution in [2.75, 3.05) is 31.2 Å². The number of likely N-dealkylation sites (N-methyl/N-ethyl adjacent to an activating group) is 1. The molecule has 3 N–H and O–H groups in total. The van der Waals surface area contributed by atoms with Gasteiger partial charge in [0, 0.05) is 25.3 Å². The monoisotopic (exact) mass is 208 g/mol. The maximum atomic E-state index is 5.71. The maximum absolute atomic E-state index is 5.71. The summed E-state index contributed by atoms with van der Waals surface area (Å²) in [6.45, 7) is 6.23. The van der Waals surface area contributed by atoms with E-state index in [1.54, 1.807) is 6.20 Å². The van der Waals surface area contributed by atoms with E-state index < -0.39 is 0 Å². The van der Waals surface area contributed by atoms with Crippen molar-refractivity contribution in [1.82, 2.24) is 9.88 Å². The van der Waals surface area contributed by atoms with E-state index in [9.17, 15) is 0 Å². The molecule has 0 bridgehead atoms. The van der Waals surface area contributed by atoms with Gasteiger partial charge >= 0.3 is 0 Å². The second-order valence-corrected chi connectivity index (χ2v) is 3.94. The first-order valence-corrected chi connectivity index (χ1v) is 5.26. The molecular weight excluding hydrogens is 188 g/mol. The molecule has 0 aliphatic heterocycles. The number of hydrogen-bond acceptors (Lipinski definition) is 4. The molecule has 1 rings (SSSR count). The third kappa shape index (κ3) is 3.75. The van der Waals surface area contributed by atoms with Crippen molar-refractivity contribution in [3.8, 4) is 0 Å². The van der Waals surface area contributed by atoms with Gasteiger partial charge in [-0.2, -0.15) is 0 Å². The predicted molar refractivity (Wildman–Crippen MR) is 64.9 cm³/mol. The van der Waals surface area contributed by atoms with Crippen molar-refractivity contribution in [2.24, 2.45) is 0 Å². The van der Waals surface area contributed by atoms with E-state index in [2.05, 4.69) is 36.1 Å². The molecule has 0 aliphatic carbocycles. The Balaban J connectivity index is 2.35. The Kier molecular flexibility index (Phi) is 4.37. The molecule has 0 unspecified atom stereocenters. The van der Waals surface area contributed by atoms with E-state index in [-0.39, 0.29) is 0 Å². The van der Waals surface area contributed by atoms with Crippen LogP contribution < -0.4 is 11.1 Å². The quantitative estimate of drug-likeness (QED) is 0.768. The standard InChI is InChI=1S/C11H20N4/c1-9(2)15(3)8-7-13-10-5-4-6-14-11(10)12/h4-6,9,13H,7-8H2,1-3H3,(H2,12,14). The summed E-state index contributed by atoms with van der Waals surface area (Å²) < 4.78 is 0. The van der Waals surface area contributed by atoms with Crippen molar-refractivity contribution in [3.05, 3.63) is 18.3 Å². The van der Waals surface area contributed by atoms with Gasteiger partial charge in [-0.3, -0.25) is 0 Å². The summed E-state index contributed by atoms with van der Waals surface area (Å²) in [6, 6.07) is 4.39. The van der Waals surface area contributed by atoms with Gasteiger partial charge in [0.05, 0.1) is 5.69 Å². The Labute approximate surface area is 91.5 Å². The fourth-order valence-electron chi connectivity index (χ4n) is 1.19. The summed E-state index contributed by atoms with van der Waals surface area (Å²) in [5, 5.41) is 3.27. The molecule has 4 nitrogen and oxygen atoms in total. The minimum atomic E-state index is 0.560. The molecule has 0 aromatic carbocycles. The van der Waals surface area contributed by atoms with E-state index in [0.29, 0.717) is 11.9 Å². The van der Waals surface area contributed by atoms with E-state index in [1.165, 1.54) is 0 Å². The van der Waals surface area contributed by atoms with Crippen LogP contribution in [-0.4, -0.2) is 36.1 Å². The van der Waals surface area contributed by atoms with Gasteiger partial charge in [-0.25, -0.2) is 4.98 Å². The highest BCUT2D eigenvalue weighted by Crippen LogP contribution is 2.12. The lowest BCUT2D eigenvalue weighted by Crippen LogP contribution is -2.31. The van der Waals surface area contributed by atoms with E-state index >= 15 is 0 Å². The first kappa shape index (κ1) is 11.8. The van der Waals surface area contributed by atoms with Crippen LogP contribution in [0.25, 0.3) is 0 Å². The molecule has 0 atom stereocenters. The van der Waals surface area contributed by atoms with Gasteiger partial charge in [0.1, 0.15) is 5.82 Å². The number of nitrogens with zero attached hydrogens (tertiary/aromatic N) is 2. The van der Waals surface area contributed by atoms with E-state index in [1.807, 2.05) is 12.1 Å². The molecular formula is C11H20N4. The molecule has 1 heterocycles. The lowest BCUT2D eigenvalue weighted by atomic mass is 10.3. The summed E-state index contributed by atoms with van der Waals surface area (Å²) in [6.07, 6.45) is 1.70. The predicted octanol–water partition coefficient (Wildman–Crippen LogP) is 1.42. The van der Waals surface area contributed by atoms with Crippen LogP contribution in [0, 0.1) is 0 Å². The normalized spacial score (nSPS) is 11.0. The molecule has 0 spiro atoms. The van der Waals surface area contributed by atoms with Gasteiger partial charge in [-0.15, -0.1) is 0 Å². The number of hydrogen-bond donors (Lipinski definition) is 2. The van der Waals surface area contributed by atoms with Crippen molar-refractivity contribution < 1.29 is 0 Å². The zero-order valence-corrected chi connectivity index (χ0v) is 9.70. The Morgan fingerprint density at radius 3 is 2.87 bits per heavy atom. The largest absolute Gasteiger partial charge is 0.382 e. The van der Waals surface area contributed by atoms with Gasteiger partial charge in [-0.05, 0) is 33.0 Å². The van der Waals surface area contributed by atoms with Gasteiger partial charge in [0.25, 0.3) is 0 Å². The summed E-state index contributed by atoms with van der Waals surface area (Å²) in [5.41, 5.74) is 6.62. The average molecular weight is 208 g/mol. The number of nitrogen functional groups attached to an aromatic ring is 1. The van der Waals surface area contributed by atoms with Gasteiger partial charge < -0.3 is 16.0 Å². The molecule has 0 saturated carbocycles. The van der Waals surface area contributed by atoms with Gasteiger partial charge in [0.2, 0.25) is 0 Å². The van der Waals surface area contributed by atoms with Crippen LogP contribution in [-0.2, 0) is 0 Å². The Hall–Kier alpha value is -1.29. The minimum absolute atomic E-state index is 0.560. The summed E-state index contributed by atoms with van der Waals surface area (Å²) in [4.78, 5) is 6.29. The van der Waals surface area contributed by atoms with Crippen LogP contribution in [0.1, 0.15) is 13.8 Å². The number of rotatable bonds is 5. The number of pyridine rings is 1. The Morgan fingerprint density at radius 1 is 1.53 bits per heavy atom. The lowest BCUT2D eigenvalue weighted by molar-refractivity contribution is 0.284. The third-order valence-electron chi connectivity index (χ3n) is 2.50. The molecule has 4 heteroatoms. The highest BCUT2D eigenvalue weighted by molar-refractivity contribution is 5.60. The molecule has 0 amide bonds. The zero-order chi connectivity index (χ0) is 11.3. The van der Waals surface area contributed by atoms with Crippen molar-refractivity contribution in [2.45, 2.75) is 19.9 Å². The van der Waals surface area contributed by atoms with E-state index in [4.69, 9.17) is 5.73 Å². The van der Waals surface area contributed by atoms with Crippen LogP contribution in [0.2, 0.25) is 0 Å². The molecule has 84 valence electrons. The lowest BCUT2D eigenvalue weighted by Gasteiger charge is -2.21. The van der Waals surface area contributed by atoms with Crippen LogP contribution >= 0.6 is 0 Å². The smallest absolute Gasteiger partial charge is 0.146 e. The number of aromatic nitrogens is 1. The second-order valence-electron chi connectivity index (χ2n) is 3.94. The van der Waals surface area contributed by atoms with Gasteiger partial charge in [-0.1, -0.05) is 0 Å². The van der Waals surface area contributed by atoms with Crippen LogP contribution in [0.15, 0.2) is 18.3 Å². The highest BCUT2D eigenvalue weighted by Gasteiger charge is 2.02. The molecule has 0 aliphatic rings. The molecule has 0 radical (unpaired) electrons. The fraction of sp³-hybridized carbons (Fsp3) is 0.545. The van der Waals surface area contributed by atoms with Gasteiger partial charge in [0.15, 0.2) is 0 Å². The number of nitrogens with one attached hydrogen (secondary N) is 1. The third-order valence-corrected chi connectivity index (χ3v) is 2.50. The SMILES string of the molecule is CC(C)N(C)CCNc1cccnc1N. The molecule has 1 aromatic rings. The fourth-order valence-corrected chi connectivity index (χ4v) is 1.19. The first-order valence-electron chi connectivity index (χ1n) is 5.26. The highest BCUT2D eigenvalue weighted by atomic mass is 15.1. The van der Waals surface area contributed by atoms with Crippen molar-refractivity contribution in [3.63, 3.8) is 0 Å². The maximum Gasteiger partial charge on any atom is 0.146 e. The van der Waals surface area contributed by atoms with Crippen molar-refractivity contribution in [1.29, 1.82) is 0 Å².